The van der Waals surface area contributed by atoms with E-state index in [-0.39, 0.29) is 16.8 Å². The topological polar surface area (TPSA) is 41.1 Å². The number of fused-ring (bicyclic) bond motifs is 2. The number of nitrogens with one attached hydrogen (secondary N) is 2. The number of hydrogen-bond acceptors (Lipinski definition) is 2. The van der Waals surface area contributed by atoms with E-state index in [1.165, 1.54) is 6.07 Å². The van der Waals surface area contributed by atoms with Gasteiger partial charge >= 0.3 is 0 Å². The van der Waals surface area contributed by atoms with Crippen molar-refractivity contribution in [3.05, 3.63) is 63.4 Å². The Morgan fingerprint density at radius 3 is 2.87 bits per heavy atom. The molecule has 1 saturated heterocycles. The largest absolute Gasteiger partial charge is 0.325 e. The van der Waals surface area contributed by atoms with Crippen LogP contribution in [0.5, 0.6) is 0 Å². The van der Waals surface area contributed by atoms with E-state index in [2.05, 4.69) is 10.6 Å². The summed E-state index contributed by atoms with van der Waals surface area (Å²) in [5, 5.41) is 6.74. The third kappa shape index (κ3) is 2.02. The second kappa shape index (κ2) is 5.20. The van der Waals surface area contributed by atoms with Gasteiger partial charge in [-0.15, -0.1) is 0 Å². The number of anilines is 1. The highest BCUT2D eigenvalue weighted by atomic mass is 35.5. The van der Waals surface area contributed by atoms with Gasteiger partial charge in [0, 0.05) is 29.7 Å². The van der Waals surface area contributed by atoms with E-state index in [1.807, 2.05) is 6.07 Å². The van der Waals surface area contributed by atoms with Crippen molar-refractivity contribution in [2.75, 3.05) is 18.4 Å². The molecular weight excluding hydrogens is 338 g/mol. The Labute approximate surface area is 142 Å². The summed E-state index contributed by atoms with van der Waals surface area (Å²) in [6.07, 6.45) is 0. The average Bonchev–Trinajstić information content (AvgIpc) is 3.06. The molecule has 0 unspecified atom stereocenters. The minimum Gasteiger partial charge on any atom is -0.325 e. The maximum atomic E-state index is 14.5. The van der Waals surface area contributed by atoms with Gasteiger partial charge in [0.1, 0.15) is 5.82 Å². The second-order valence-electron chi connectivity index (χ2n) is 5.94. The number of rotatable bonds is 1. The third-order valence-corrected chi connectivity index (χ3v) is 5.35. The lowest BCUT2D eigenvalue weighted by atomic mass is 9.70. The second-order valence-corrected chi connectivity index (χ2v) is 6.79. The summed E-state index contributed by atoms with van der Waals surface area (Å²) in [7, 11) is 0. The molecule has 0 bridgehead atoms. The summed E-state index contributed by atoms with van der Waals surface area (Å²) in [6, 6.07) is 10.2. The Bertz CT molecular complexity index is 826. The smallest absolute Gasteiger partial charge is 0.237 e. The van der Waals surface area contributed by atoms with Crippen molar-refractivity contribution < 1.29 is 9.18 Å². The quantitative estimate of drug-likeness (QED) is 0.823. The Balaban J connectivity index is 1.91. The van der Waals surface area contributed by atoms with Crippen LogP contribution in [0.1, 0.15) is 17.0 Å². The van der Waals surface area contributed by atoms with Crippen LogP contribution in [-0.2, 0) is 10.2 Å². The first kappa shape index (κ1) is 14.9. The van der Waals surface area contributed by atoms with Gasteiger partial charge in [-0.1, -0.05) is 41.4 Å². The Hall–Kier alpha value is -1.62. The fraction of sp³-hybridized carbons (Fsp3) is 0.235. The first-order chi connectivity index (χ1) is 11.0. The molecule has 2 aliphatic heterocycles. The standard InChI is InChI=1S/C17H13Cl2FN2O/c18-9-4-5-11-14(6-9)22-16(23)17(11)8-21-7-12(17)10-2-1-3-13(19)15(10)20/h1-6,12,21H,7-8H2,(H,22,23)/t12-,17-/m1/s1. The van der Waals surface area contributed by atoms with Gasteiger partial charge in [-0.25, -0.2) is 4.39 Å². The SMILES string of the molecule is O=C1Nc2cc(Cl)ccc2[C@@]12CNC[C@@H]2c1cccc(Cl)c1F. The number of halogens is 3. The molecule has 2 N–H and O–H groups in total. The molecule has 0 aliphatic carbocycles. The van der Waals surface area contributed by atoms with E-state index in [0.717, 1.165) is 5.56 Å². The van der Waals surface area contributed by atoms with Gasteiger partial charge in [0.25, 0.3) is 0 Å². The van der Waals surface area contributed by atoms with Crippen LogP contribution in [0.3, 0.4) is 0 Å². The van der Waals surface area contributed by atoms with Crippen LogP contribution in [0.15, 0.2) is 36.4 Å². The molecule has 118 valence electrons. The summed E-state index contributed by atoms with van der Waals surface area (Å²) < 4.78 is 14.5. The maximum Gasteiger partial charge on any atom is 0.237 e. The van der Waals surface area contributed by atoms with Crippen molar-refractivity contribution in [3.63, 3.8) is 0 Å². The average molecular weight is 351 g/mol. The van der Waals surface area contributed by atoms with Crippen molar-refractivity contribution in [3.8, 4) is 0 Å². The van der Waals surface area contributed by atoms with Crippen molar-refractivity contribution >= 4 is 34.8 Å². The van der Waals surface area contributed by atoms with Crippen LogP contribution in [0, 0.1) is 5.82 Å². The van der Waals surface area contributed by atoms with E-state index in [4.69, 9.17) is 23.2 Å². The molecule has 2 aromatic carbocycles. The lowest BCUT2D eigenvalue weighted by molar-refractivity contribution is -0.120. The molecule has 23 heavy (non-hydrogen) atoms. The normalized spacial score (nSPS) is 25.7. The first-order valence-electron chi connectivity index (χ1n) is 7.30. The van der Waals surface area contributed by atoms with Crippen LogP contribution in [0.2, 0.25) is 10.0 Å². The van der Waals surface area contributed by atoms with Gasteiger partial charge in [-0.05, 0) is 29.3 Å². The van der Waals surface area contributed by atoms with Crippen molar-refractivity contribution in [2.24, 2.45) is 0 Å². The molecule has 6 heteroatoms. The molecule has 1 amide bonds. The number of carbonyl (C=O) groups is 1. The molecule has 0 saturated carbocycles. The molecular formula is C17H13Cl2FN2O. The van der Waals surface area contributed by atoms with Crippen LogP contribution >= 0.6 is 23.2 Å². The minimum atomic E-state index is -0.842. The molecule has 1 fully saturated rings. The Morgan fingerprint density at radius 2 is 2.04 bits per heavy atom. The number of hydrogen-bond donors (Lipinski definition) is 2. The summed E-state index contributed by atoms with van der Waals surface area (Å²) in [6.45, 7) is 0.955. The first-order valence-corrected chi connectivity index (χ1v) is 8.06. The highest BCUT2D eigenvalue weighted by molar-refractivity contribution is 6.31. The van der Waals surface area contributed by atoms with E-state index in [9.17, 15) is 9.18 Å². The van der Waals surface area contributed by atoms with Gasteiger partial charge in [-0.3, -0.25) is 4.79 Å². The molecule has 2 atom stereocenters. The zero-order valence-electron chi connectivity index (χ0n) is 12.0. The van der Waals surface area contributed by atoms with Gasteiger partial charge in [0.15, 0.2) is 0 Å². The lowest BCUT2D eigenvalue weighted by Gasteiger charge is -2.29. The molecule has 1 spiro atoms. The molecule has 0 aromatic heterocycles. The monoisotopic (exact) mass is 350 g/mol. The Morgan fingerprint density at radius 1 is 1.22 bits per heavy atom. The summed E-state index contributed by atoms with van der Waals surface area (Å²) in [5.41, 5.74) is 1.16. The van der Waals surface area contributed by atoms with Crippen LogP contribution in [-0.4, -0.2) is 19.0 Å². The van der Waals surface area contributed by atoms with Gasteiger partial charge in [0.2, 0.25) is 5.91 Å². The fourth-order valence-corrected chi connectivity index (χ4v) is 4.12. The zero-order chi connectivity index (χ0) is 16.2. The van der Waals surface area contributed by atoms with E-state index < -0.39 is 11.2 Å². The van der Waals surface area contributed by atoms with Crippen molar-refractivity contribution in [2.45, 2.75) is 11.3 Å². The van der Waals surface area contributed by atoms with Gasteiger partial charge in [-0.2, -0.15) is 0 Å². The third-order valence-electron chi connectivity index (χ3n) is 4.82. The lowest BCUT2D eigenvalue weighted by Crippen LogP contribution is -2.41. The van der Waals surface area contributed by atoms with Crippen molar-refractivity contribution in [1.82, 2.24) is 5.32 Å². The zero-order valence-corrected chi connectivity index (χ0v) is 13.5. The van der Waals surface area contributed by atoms with Crippen LogP contribution in [0.4, 0.5) is 10.1 Å². The molecule has 4 rings (SSSR count). The summed E-state index contributed by atoms with van der Waals surface area (Å²) in [4.78, 5) is 12.8. The number of benzene rings is 2. The van der Waals surface area contributed by atoms with Gasteiger partial charge < -0.3 is 10.6 Å². The number of carbonyl (C=O) groups excluding carboxylic acids is 1. The molecule has 2 aliphatic rings. The molecule has 3 nitrogen and oxygen atoms in total. The Kier molecular flexibility index (Phi) is 3.38. The van der Waals surface area contributed by atoms with E-state index >= 15 is 0 Å². The van der Waals surface area contributed by atoms with Crippen LogP contribution in [0.25, 0.3) is 0 Å². The molecule has 2 aromatic rings. The predicted molar refractivity (Wildman–Crippen MR) is 88.8 cm³/mol. The molecule has 0 radical (unpaired) electrons. The molecule has 2 heterocycles. The number of amides is 1. The highest BCUT2D eigenvalue weighted by Gasteiger charge is 2.56. The van der Waals surface area contributed by atoms with E-state index in [1.54, 1.807) is 24.3 Å². The summed E-state index contributed by atoms with van der Waals surface area (Å²) in [5.74, 6) is -0.926. The van der Waals surface area contributed by atoms with Crippen LogP contribution < -0.4 is 10.6 Å². The maximum absolute atomic E-state index is 14.5. The van der Waals surface area contributed by atoms with Crippen molar-refractivity contribution in [1.29, 1.82) is 0 Å². The summed E-state index contributed by atoms with van der Waals surface area (Å²) >= 11 is 12.0. The highest BCUT2D eigenvalue weighted by Crippen LogP contribution is 2.50. The van der Waals surface area contributed by atoms with E-state index in [0.29, 0.717) is 29.4 Å². The minimum absolute atomic E-state index is 0.0688. The predicted octanol–water partition coefficient (Wildman–Crippen LogP) is 3.71. The fourth-order valence-electron chi connectivity index (χ4n) is 3.76. The van der Waals surface area contributed by atoms with Gasteiger partial charge in [0.05, 0.1) is 10.4 Å².